The first-order chi connectivity index (χ1) is 10.7. The van der Waals surface area contributed by atoms with Crippen molar-refractivity contribution in [3.05, 3.63) is 34.9 Å². The fraction of sp³-hybridized carbons (Fsp3) is 0.588. The van der Waals surface area contributed by atoms with Crippen molar-refractivity contribution in [2.24, 2.45) is 4.99 Å². The van der Waals surface area contributed by atoms with Crippen LogP contribution in [0.2, 0.25) is 5.02 Å². The lowest BCUT2D eigenvalue weighted by Gasteiger charge is -2.27. The van der Waals surface area contributed by atoms with E-state index in [1.807, 2.05) is 18.2 Å². The fourth-order valence-electron chi connectivity index (χ4n) is 2.72. The number of rotatable bonds is 5. The van der Waals surface area contributed by atoms with E-state index in [1.54, 1.807) is 0 Å². The van der Waals surface area contributed by atoms with E-state index in [0.29, 0.717) is 6.04 Å². The molecule has 0 amide bonds. The van der Waals surface area contributed by atoms with Gasteiger partial charge in [-0.15, -0.1) is 0 Å². The number of aliphatic hydroxyl groups is 1. The summed E-state index contributed by atoms with van der Waals surface area (Å²) in [6.45, 7) is 3.64. The van der Waals surface area contributed by atoms with Gasteiger partial charge in [-0.2, -0.15) is 0 Å². The smallest absolute Gasteiger partial charge is 0.191 e. The first-order valence-electron chi connectivity index (χ1n) is 8.14. The van der Waals surface area contributed by atoms with Crippen LogP contribution in [0.15, 0.2) is 29.3 Å². The molecule has 0 bridgehead atoms. The van der Waals surface area contributed by atoms with Crippen LogP contribution >= 0.6 is 11.6 Å². The Morgan fingerprint density at radius 1 is 1.32 bits per heavy atom. The van der Waals surface area contributed by atoms with E-state index in [0.717, 1.165) is 56.2 Å². The van der Waals surface area contributed by atoms with Crippen LogP contribution in [0.1, 0.15) is 38.2 Å². The Kier molecular flexibility index (Phi) is 7.00. The number of hydrogen-bond acceptors (Lipinski definition) is 2. The topological polar surface area (TPSA) is 56.7 Å². The fourth-order valence-corrected chi connectivity index (χ4v) is 2.94. The normalized spacial score (nSPS) is 22.4. The summed E-state index contributed by atoms with van der Waals surface area (Å²) < 4.78 is 0. The molecular weight excluding hydrogens is 298 g/mol. The van der Waals surface area contributed by atoms with E-state index in [-0.39, 0.29) is 6.10 Å². The van der Waals surface area contributed by atoms with Crippen molar-refractivity contribution in [3.63, 3.8) is 0 Å². The second kappa shape index (κ2) is 9.01. The van der Waals surface area contributed by atoms with E-state index < -0.39 is 0 Å². The molecule has 0 aromatic heterocycles. The van der Waals surface area contributed by atoms with Gasteiger partial charge >= 0.3 is 0 Å². The highest BCUT2D eigenvalue weighted by molar-refractivity contribution is 6.30. The van der Waals surface area contributed by atoms with Gasteiger partial charge in [-0.1, -0.05) is 23.7 Å². The largest absolute Gasteiger partial charge is 0.393 e. The summed E-state index contributed by atoms with van der Waals surface area (Å²) in [4.78, 5) is 4.64. The van der Waals surface area contributed by atoms with Crippen LogP contribution in [-0.2, 0) is 6.42 Å². The Morgan fingerprint density at radius 3 is 2.77 bits per heavy atom. The number of nitrogens with zero attached hydrogens (tertiary/aromatic N) is 1. The summed E-state index contributed by atoms with van der Waals surface area (Å²) in [5, 5.41) is 17.1. The van der Waals surface area contributed by atoms with E-state index >= 15 is 0 Å². The predicted octanol–water partition coefficient (Wildman–Crippen LogP) is 2.74. The maximum absolute atomic E-state index is 9.57. The van der Waals surface area contributed by atoms with Crippen molar-refractivity contribution < 1.29 is 5.11 Å². The molecule has 1 aromatic carbocycles. The summed E-state index contributed by atoms with van der Waals surface area (Å²) in [6.07, 6.45) is 4.50. The van der Waals surface area contributed by atoms with Crippen molar-refractivity contribution in [1.82, 2.24) is 10.6 Å². The standard InChI is InChI=1S/C17H26ClN3O/c1-2-19-17(21-15-6-8-16(22)9-7-15)20-11-10-13-4-3-5-14(18)12-13/h3-5,12,15-16,22H,2,6-11H2,1H3,(H2,19,20,21). The van der Waals surface area contributed by atoms with Gasteiger partial charge in [0.25, 0.3) is 0 Å². The molecule has 22 heavy (non-hydrogen) atoms. The Hall–Kier alpha value is -1.26. The van der Waals surface area contributed by atoms with Crippen LogP contribution in [0.25, 0.3) is 0 Å². The van der Waals surface area contributed by atoms with Crippen molar-refractivity contribution >= 4 is 17.6 Å². The number of halogens is 1. The van der Waals surface area contributed by atoms with E-state index in [1.165, 1.54) is 5.56 Å². The summed E-state index contributed by atoms with van der Waals surface area (Å²) in [5.41, 5.74) is 1.20. The second-order valence-electron chi connectivity index (χ2n) is 5.79. The highest BCUT2D eigenvalue weighted by Gasteiger charge is 2.19. The molecule has 4 nitrogen and oxygen atoms in total. The molecule has 1 aliphatic carbocycles. The molecule has 1 aliphatic rings. The highest BCUT2D eigenvalue weighted by Crippen LogP contribution is 2.18. The van der Waals surface area contributed by atoms with Crippen LogP contribution < -0.4 is 10.6 Å². The highest BCUT2D eigenvalue weighted by atomic mass is 35.5. The van der Waals surface area contributed by atoms with Gasteiger partial charge in [0.05, 0.1) is 6.10 Å². The van der Waals surface area contributed by atoms with Crippen molar-refractivity contribution in [2.45, 2.75) is 51.2 Å². The minimum absolute atomic E-state index is 0.125. The molecule has 1 aromatic rings. The Labute approximate surface area is 138 Å². The lowest BCUT2D eigenvalue weighted by molar-refractivity contribution is 0.120. The van der Waals surface area contributed by atoms with Crippen LogP contribution in [0.4, 0.5) is 0 Å². The van der Waals surface area contributed by atoms with Gasteiger partial charge in [0.2, 0.25) is 0 Å². The van der Waals surface area contributed by atoms with E-state index in [9.17, 15) is 5.11 Å². The Bertz CT molecular complexity index is 485. The molecule has 0 unspecified atom stereocenters. The number of aliphatic imine (C=N–C) groups is 1. The molecule has 1 saturated carbocycles. The maximum atomic E-state index is 9.57. The number of guanidine groups is 1. The number of benzene rings is 1. The van der Waals surface area contributed by atoms with Crippen LogP contribution in [0.5, 0.6) is 0 Å². The second-order valence-corrected chi connectivity index (χ2v) is 6.23. The summed E-state index contributed by atoms with van der Waals surface area (Å²) in [6, 6.07) is 8.33. The lowest BCUT2D eigenvalue weighted by atomic mass is 9.93. The van der Waals surface area contributed by atoms with Gasteiger partial charge in [0, 0.05) is 24.2 Å². The molecule has 122 valence electrons. The van der Waals surface area contributed by atoms with Crippen molar-refractivity contribution in [3.8, 4) is 0 Å². The van der Waals surface area contributed by atoms with Gasteiger partial charge in [0.15, 0.2) is 5.96 Å². The lowest BCUT2D eigenvalue weighted by Crippen LogP contribution is -2.45. The molecule has 0 atom stereocenters. The third-order valence-corrected chi connectivity index (χ3v) is 4.18. The zero-order valence-electron chi connectivity index (χ0n) is 13.2. The van der Waals surface area contributed by atoms with Crippen molar-refractivity contribution in [2.75, 3.05) is 13.1 Å². The molecule has 2 rings (SSSR count). The quantitative estimate of drug-likeness (QED) is 0.577. The Morgan fingerprint density at radius 2 is 2.09 bits per heavy atom. The van der Waals surface area contributed by atoms with E-state index in [2.05, 4.69) is 28.6 Å². The monoisotopic (exact) mass is 323 g/mol. The minimum Gasteiger partial charge on any atom is -0.393 e. The zero-order chi connectivity index (χ0) is 15.8. The first kappa shape index (κ1) is 17.1. The van der Waals surface area contributed by atoms with Gasteiger partial charge in [-0.25, -0.2) is 0 Å². The Balaban J connectivity index is 1.84. The molecule has 3 N–H and O–H groups in total. The molecule has 0 saturated heterocycles. The van der Waals surface area contributed by atoms with Crippen LogP contribution in [-0.4, -0.2) is 36.3 Å². The zero-order valence-corrected chi connectivity index (χ0v) is 13.9. The van der Waals surface area contributed by atoms with E-state index in [4.69, 9.17) is 11.6 Å². The molecule has 0 heterocycles. The van der Waals surface area contributed by atoms with Gasteiger partial charge < -0.3 is 15.7 Å². The average Bonchev–Trinajstić information content (AvgIpc) is 2.50. The van der Waals surface area contributed by atoms with Crippen LogP contribution in [0, 0.1) is 0 Å². The predicted molar refractivity (Wildman–Crippen MR) is 92.5 cm³/mol. The molecule has 5 heteroatoms. The minimum atomic E-state index is -0.125. The molecule has 1 fully saturated rings. The maximum Gasteiger partial charge on any atom is 0.191 e. The molecule has 0 aliphatic heterocycles. The SMILES string of the molecule is CCNC(=NCCc1cccc(Cl)c1)NC1CCC(O)CC1. The van der Waals surface area contributed by atoms with Gasteiger partial charge in [0.1, 0.15) is 0 Å². The molecule has 0 spiro atoms. The van der Waals surface area contributed by atoms with Crippen LogP contribution in [0.3, 0.4) is 0 Å². The van der Waals surface area contributed by atoms with Crippen molar-refractivity contribution in [1.29, 1.82) is 0 Å². The third kappa shape index (κ3) is 5.85. The van der Waals surface area contributed by atoms with Gasteiger partial charge in [-0.3, -0.25) is 4.99 Å². The average molecular weight is 324 g/mol. The number of hydrogen-bond donors (Lipinski definition) is 3. The summed E-state index contributed by atoms with van der Waals surface area (Å²) in [7, 11) is 0. The molecule has 0 radical (unpaired) electrons. The summed E-state index contributed by atoms with van der Waals surface area (Å²) in [5.74, 6) is 0.867. The molecular formula is C17H26ClN3O. The number of nitrogens with one attached hydrogen (secondary N) is 2. The third-order valence-electron chi connectivity index (χ3n) is 3.94. The summed E-state index contributed by atoms with van der Waals surface area (Å²) >= 11 is 6.00. The van der Waals surface area contributed by atoms with Gasteiger partial charge in [-0.05, 0) is 56.7 Å². The number of aliphatic hydroxyl groups excluding tert-OH is 1. The first-order valence-corrected chi connectivity index (χ1v) is 8.52.